The van der Waals surface area contributed by atoms with E-state index in [-0.39, 0.29) is 11.5 Å². The first kappa shape index (κ1) is 20.1. The molecule has 0 saturated heterocycles. The summed E-state index contributed by atoms with van der Waals surface area (Å²) in [6.45, 7) is 1.32. The van der Waals surface area contributed by atoms with Crippen LogP contribution in [0.2, 0.25) is 0 Å². The molecule has 1 aromatic heterocycles. The summed E-state index contributed by atoms with van der Waals surface area (Å²) in [5, 5.41) is 22.1. The highest BCUT2D eigenvalue weighted by atomic mass is 32.1. The summed E-state index contributed by atoms with van der Waals surface area (Å²) in [5.41, 5.74) is 3.02. The molecular weight excluding hydrogens is 402 g/mol. The average Bonchev–Trinajstić information content (AvgIpc) is 3.18. The number of carboxylic acid groups (broad SMARTS) is 2. The van der Waals surface area contributed by atoms with Crippen LogP contribution < -0.4 is 4.74 Å². The van der Waals surface area contributed by atoms with Crippen molar-refractivity contribution in [3.63, 3.8) is 0 Å². The van der Waals surface area contributed by atoms with Gasteiger partial charge in [-0.2, -0.15) is 0 Å². The minimum atomic E-state index is -1.29. The maximum Gasteiger partial charge on any atom is 0.336 e. The van der Waals surface area contributed by atoms with Crippen LogP contribution in [0.1, 0.15) is 28.2 Å². The summed E-state index contributed by atoms with van der Waals surface area (Å²) in [6.07, 6.45) is 0.771. The highest BCUT2D eigenvalue weighted by molar-refractivity contribution is 7.17. The van der Waals surface area contributed by atoms with Gasteiger partial charge in [0.2, 0.25) is 0 Å². The molecule has 0 saturated carbocycles. The molecule has 0 amide bonds. The predicted molar refractivity (Wildman–Crippen MR) is 116 cm³/mol. The van der Waals surface area contributed by atoms with Crippen LogP contribution in [0, 0.1) is 0 Å². The van der Waals surface area contributed by atoms with Gasteiger partial charge in [0.05, 0.1) is 17.4 Å². The third kappa shape index (κ3) is 3.46. The second-order valence-electron chi connectivity index (χ2n) is 7.36. The minimum absolute atomic E-state index is 0.159. The van der Waals surface area contributed by atoms with Crippen LogP contribution in [0.5, 0.6) is 5.75 Å². The predicted octanol–water partition coefficient (Wildman–Crippen LogP) is 4.04. The molecular formula is C23H21NO5S. The van der Waals surface area contributed by atoms with E-state index in [2.05, 4.69) is 4.90 Å². The molecule has 7 heteroatoms. The summed E-state index contributed by atoms with van der Waals surface area (Å²) < 4.78 is 6.84. The van der Waals surface area contributed by atoms with Gasteiger partial charge in [-0.05, 0) is 40.6 Å². The fourth-order valence-corrected chi connectivity index (χ4v) is 5.22. The Morgan fingerprint density at radius 2 is 2.00 bits per heavy atom. The van der Waals surface area contributed by atoms with E-state index in [0.29, 0.717) is 18.7 Å². The largest absolute Gasteiger partial charge is 0.495 e. The van der Waals surface area contributed by atoms with E-state index in [0.717, 1.165) is 38.6 Å². The molecule has 2 aromatic carbocycles. The number of carbonyl (C=O) groups is 2. The lowest BCUT2D eigenvalue weighted by molar-refractivity contribution is -0.133. The van der Waals surface area contributed by atoms with Crippen LogP contribution in [0.15, 0.2) is 47.9 Å². The maximum absolute atomic E-state index is 11.9. The number of fused-ring (bicyclic) bond motifs is 2. The van der Waals surface area contributed by atoms with Crippen LogP contribution >= 0.6 is 11.3 Å². The lowest BCUT2D eigenvalue weighted by atomic mass is 9.79. The number of rotatable bonds is 5. The van der Waals surface area contributed by atoms with Crippen LogP contribution in [0.3, 0.4) is 0 Å². The molecule has 2 heterocycles. The monoisotopic (exact) mass is 423 g/mol. The molecule has 0 aliphatic carbocycles. The molecule has 0 spiro atoms. The van der Waals surface area contributed by atoms with Gasteiger partial charge in [-0.15, -0.1) is 11.3 Å². The van der Waals surface area contributed by atoms with Crippen LogP contribution in [-0.4, -0.2) is 47.8 Å². The number of hydrogen-bond donors (Lipinski definition) is 2. The first-order valence-corrected chi connectivity index (χ1v) is 10.3. The number of hydrogen-bond acceptors (Lipinski definition) is 5. The molecule has 2 N–H and O–H groups in total. The molecule has 0 fully saturated rings. The van der Waals surface area contributed by atoms with Gasteiger partial charge in [0.25, 0.3) is 0 Å². The van der Waals surface area contributed by atoms with Gasteiger partial charge < -0.3 is 19.8 Å². The van der Waals surface area contributed by atoms with Crippen molar-refractivity contribution in [3.8, 4) is 5.75 Å². The summed E-state index contributed by atoms with van der Waals surface area (Å²) in [6, 6.07) is 11.6. The van der Waals surface area contributed by atoms with E-state index >= 15 is 0 Å². The van der Waals surface area contributed by atoms with Gasteiger partial charge in [0, 0.05) is 30.6 Å². The number of methoxy groups -OCH3 is 1. The third-order valence-electron chi connectivity index (χ3n) is 5.45. The second kappa shape index (κ2) is 7.93. The van der Waals surface area contributed by atoms with Gasteiger partial charge in [-0.25, -0.2) is 9.59 Å². The molecule has 3 aromatic rings. The maximum atomic E-state index is 11.9. The molecule has 1 atom stereocenters. The van der Waals surface area contributed by atoms with Crippen LogP contribution in [-0.2, 0) is 16.1 Å². The van der Waals surface area contributed by atoms with E-state index < -0.39 is 11.9 Å². The number of likely N-dealkylation sites (N-methyl/N-ethyl adjacent to an activating group) is 1. The fraction of sp³-hybridized carbons (Fsp3) is 0.217. The SMILES string of the molecule is COc1c(C2CN(C)Cc3cccc(/C(=C/C(=O)O)C(=O)O)c32)ccc2ccsc12. The Labute approximate surface area is 177 Å². The van der Waals surface area contributed by atoms with Crippen molar-refractivity contribution < 1.29 is 24.5 Å². The van der Waals surface area contributed by atoms with Crippen LogP contribution in [0.25, 0.3) is 15.7 Å². The first-order chi connectivity index (χ1) is 14.4. The summed E-state index contributed by atoms with van der Waals surface area (Å²) in [5.74, 6) is -1.92. The zero-order valence-corrected chi connectivity index (χ0v) is 17.4. The van der Waals surface area contributed by atoms with Gasteiger partial charge in [-0.3, -0.25) is 0 Å². The zero-order valence-electron chi connectivity index (χ0n) is 16.6. The van der Waals surface area contributed by atoms with Crippen LogP contribution in [0.4, 0.5) is 0 Å². The Kier molecular flexibility index (Phi) is 5.32. The Morgan fingerprint density at radius 3 is 2.70 bits per heavy atom. The molecule has 4 rings (SSSR count). The third-order valence-corrected chi connectivity index (χ3v) is 6.38. The second-order valence-corrected chi connectivity index (χ2v) is 8.27. The summed E-state index contributed by atoms with van der Waals surface area (Å²) >= 11 is 1.60. The molecule has 30 heavy (non-hydrogen) atoms. The van der Waals surface area contributed by atoms with E-state index in [1.807, 2.05) is 36.7 Å². The topological polar surface area (TPSA) is 87.1 Å². The Balaban J connectivity index is 1.99. The lowest BCUT2D eigenvalue weighted by Crippen LogP contribution is -2.32. The number of ether oxygens (including phenoxy) is 1. The average molecular weight is 423 g/mol. The highest BCUT2D eigenvalue weighted by Crippen LogP contribution is 2.44. The number of thiophene rings is 1. The van der Waals surface area contributed by atoms with Gasteiger partial charge in [0.15, 0.2) is 0 Å². The van der Waals surface area contributed by atoms with Crippen molar-refractivity contribution in [3.05, 3.63) is 70.1 Å². The molecule has 0 radical (unpaired) electrons. The smallest absolute Gasteiger partial charge is 0.336 e. The summed E-state index contributed by atoms with van der Waals surface area (Å²) in [4.78, 5) is 25.4. The molecule has 1 aliphatic heterocycles. The quantitative estimate of drug-likeness (QED) is 0.603. The lowest BCUT2D eigenvalue weighted by Gasteiger charge is -2.35. The van der Waals surface area contributed by atoms with Gasteiger partial charge in [0.1, 0.15) is 5.75 Å². The van der Waals surface area contributed by atoms with Gasteiger partial charge >= 0.3 is 11.9 Å². The van der Waals surface area contributed by atoms with Gasteiger partial charge in [-0.1, -0.05) is 30.3 Å². The normalized spacial score (nSPS) is 17.0. The van der Waals surface area contributed by atoms with E-state index in [1.54, 1.807) is 30.6 Å². The first-order valence-electron chi connectivity index (χ1n) is 9.43. The Morgan fingerprint density at radius 1 is 1.20 bits per heavy atom. The number of carboxylic acids is 2. The Bertz CT molecular complexity index is 1180. The molecule has 0 bridgehead atoms. The van der Waals surface area contributed by atoms with Crippen molar-refractivity contribution in [2.24, 2.45) is 0 Å². The molecule has 1 unspecified atom stereocenters. The zero-order chi connectivity index (χ0) is 21.4. The van der Waals surface area contributed by atoms with E-state index in [4.69, 9.17) is 4.74 Å². The van der Waals surface area contributed by atoms with Crippen molar-refractivity contribution >= 4 is 38.9 Å². The van der Waals surface area contributed by atoms with Crippen molar-refractivity contribution in [2.75, 3.05) is 20.7 Å². The molecule has 1 aliphatic rings. The number of aliphatic carboxylic acids is 2. The van der Waals surface area contributed by atoms with Crippen molar-refractivity contribution in [1.29, 1.82) is 0 Å². The summed E-state index contributed by atoms with van der Waals surface area (Å²) in [7, 11) is 3.66. The highest BCUT2D eigenvalue weighted by Gasteiger charge is 2.32. The van der Waals surface area contributed by atoms with Crippen molar-refractivity contribution in [2.45, 2.75) is 12.5 Å². The number of nitrogens with zero attached hydrogens (tertiary/aromatic N) is 1. The Hall–Kier alpha value is -3.16. The van der Waals surface area contributed by atoms with E-state index in [1.165, 1.54) is 0 Å². The van der Waals surface area contributed by atoms with Crippen molar-refractivity contribution in [1.82, 2.24) is 4.90 Å². The molecule has 6 nitrogen and oxygen atoms in total. The number of benzene rings is 2. The molecule has 154 valence electrons. The minimum Gasteiger partial charge on any atom is -0.495 e. The van der Waals surface area contributed by atoms with E-state index in [9.17, 15) is 19.8 Å². The fourth-order valence-electron chi connectivity index (χ4n) is 4.29. The standard InChI is InChI=1S/C23H21NO5S/c1-24-11-14-4-3-5-15(17(23(27)28)10-19(25)26)20(14)18(12-24)16-7-6-13-8-9-30-22(13)21(16)29-2/h3-10,18H,11-12H2,1-2H3,(H,25,26)(H,27,28)/b17-10-.